The minimum Gasteiger partial charge on any atom is -0.343 e. The molecule has 2 nitrogen and oxygen atoms in total. The Bertz CT molecular complexity index is 652. The van der Waals surface area contributed by atoms with Gasteiger partial charge in [-0.1, -0.05) is 33.0 Å². The number of benzene rings is 1. The normalized spacial score (nSPS) is 11.6. The number of hydrogen-bond donors (Lipinski definition) is 1. The lowest BCUT2D eigenvalue weighted by atomic mass is 9.92. The van der Waals surface area contributed by atoms with Gasteiger partial charge >= 0.3 is 0 Å². The molecule has 19 heavy (non-hydrogen) atoms. The minimum absolute atomic E-state index is 0.156. The third-order valence-corrected chi connectivity index (χ3v) is 2.90. The Morgan fingerprint density at radius 2 is 1.63 bits per heavy atom. The smallest absolute Gasteiger partial charge is 0.139 e. The molecule has 0 saturated heterocycles. The van der Waals surface area contributed by atoms with Crippen molar-refractivity contribution in [1.29, 1.82) is 0 Å². The van der Waals surface area contributed by atoms with Crippen LogP contribution in [-0.4, -0.2) is 9.97 Å². The van der Waals surface area contributed by atoms with Gasteiger partial charge in [0.2, 0.25) is 0 Å². The van der Waals surface area contributed by atoms with E-state index < -0.39 is 11.6 Å². The van der Waals surface area contributed by atoms with Crippen LogP contribution in [0.5, 0.6) is 0 Å². The molecule has 0 radical (unpaired) electrons. The topological polar surface area (TPSA) is 28.7 Å². The van der Waals surface area contributed by atoms with Crippen molar-refractivity contribution in [2.75, 3.05) is 0 Å². The summed E-state index contributed by atoms with van der Waals surface area (Å²) >= 11 is 5.10. The lowest BCUT2D eigenvalue weighted by Gasteiger charge is -2.19. The molecule has 1 aromatic carbocycles. The van der Waals surface area contributed by atoms with Crippen LogP contribution >= 0.6 is 12.2 Å². The molecule has 0 amide bonds. The first-order valence-electron chi connectivity index (χ1n) is 5.84. The highest BCUT2D eigenvalue weighted by Crippen LogP contribution is 2.24. The maximum atomic E-state index is 13.2. The van der Waals surface area contributed by atoms with E-state index >= 15 is 0 Å². The predicted molar refractivity (Wildman–Crippen MR) is 73.5 cm³/mol. The second-order valence-electron chi connectivity index (χ2n) is 5.39. The van der Waals surface area contributed by atoms with E-state index in [0.717, 1.165) is 11.8 Å². The highest BCUT2D eigenvalue weighted by Gasteiger charge is 2.16. The second-order valence-corrected chi connectivity index (χ2v) is 5.81. The van der Waals surface area contributed by atoms with Crippen molar-refractivity contribution in [3.8, 4) is 11.4 Å². The third kappa shape index (κ3) is 3.23. The van der Waals surface area contributed by atoms with Crippen LogP contribution in [0.3, 0.4) is 0 Å². The third-order valence-electron chi connectivity index (χ3n) is 2.69. The highest BCUT2D eigenvalue weighted by molar-refractivity contribution is 7.71. The number of nitrogens with one attached hydrogen (secondary N) is 1. The van der Waals surface area contributed by atoms with Gasteiger partial charge in [0.15, 0.2) is 0 Å². The summed E-state index contributed by atoms with van der Waals surface area (Å²) in [6.45, 7) is 6.05. The predicted octanol–water partition coefficient (Wildman–Crippen LogP) is 4.38. The van der Waals surface area contributed by atoms with Gasteiger partial charge in [-0.2, -0.15) is 0 Å². The van der Waals surface area contributed by atoms with Crippen LogP contribution in [0.25, 0.3) is 11.4 Å². The van der Waals surface area contributed by atoms with E-state index in [0.29, 0.717) is 16.0 Å². The quantitative estimate of drug-likeness (QED) is 0.785. The first-order chi connectivity index (χ1) is 8.75. The fourth-order valence-electron chi connectivity index (χ4n) is 1.69. The molecule has 5 heteroatoms. The van der Waals surface area contributed by atoms with Gasteiger partial charge in [-0.25, -0.2) is 13.8 Å². The average Bonchev–Trinajstić information content (AvgIpc) is 2.25. The van der Waals surface area contributed by atoms with E-state index in [1.807, 2.05) is 20.8 Å². The first-order valence-corrected chi connectivity index (χ1v) is 6.25. The number of aromatic amines is 1. The Morgan fingerprint density at radius 3 is 2.16 bits per heavy atom. The summed E-state index contributed by atoms with van der Waals surface area (Å²) in [7, 11) is 0. The molecular formula is C14H14F2N2S. The van der Waals surface area contributed by atoms with E-state index in [9.17, 15) is 8.78 Å². The first kappa shape index (κ1) is 13.8. The molecule has 2 rings (SSSR count). The molecule has 0 spiro atoms. The van der Waals surface area contributed by atoms with Gasteiger partial charge in [-0.15, -0.1) is 0 Å². The molecule has 100 valence electrons. The lowest BCUT2D eigenvalue weighted by molar-refractivity contribution is 0.567. The van der Waals surface area contributed by atoms with Gasteiger partial charge in [0, 0.05) is 22.7 Å². The SMILES string of the molecule is CC(C)(C)c1cc(=S)nc(-c2cc(F)cc(F)c2)[nH]1. The summed E-state index contributed by atoms with van der Waals surface area (Å²) < 4.78 is 26.9. The van der Waals surface area contributed by atoms with Crippen LogP contribution < -0.4 is 0 Å². The van der Waals surface area contributed by atoms with Crippen LogP contribution in [-0.2, 0) is 5.41 Å². The number of aromatic nitrogens is 2. The molecular weight excluding hydrogens is 266 g/mol. The number of nitrogens with zero attached hydrogens (tertiary/aromatic N) is 1. The van der Waals surface area contributed by atoms with E-state index in [2.05, 4.69) is 9.97 Å². The van der Waals surface area contributed by atoms with Gasteiger partial charge in [-0.05, 0) is 18.2 Å². The Kier molecular flexibility index (Phi) is 3.49. The minimum atomic E-state index is -0.641. The van der Waals surface area contributed by atoms with Crippen molar-refractivity contribution < 1.29 is 8.78 Å². The zero-order valence-electron chi connectivity index (χ0n) is 10.9. The molecule has 0 aliphatic carbocycles. The number of hydrogen-bond acceptors (Lipinski definition) is 2. The van der Waals surface area contributed by atoms with Crippen LogP contribution in [0, 0.1) is 16.3 Å². The van der Waals surface area contributed by atoms with Gasteiger partial charge in [0.1, 0.15) is 22.1 Å². The molecule has 0 atom stereocenters. The number of halogens is 2. The molecule has 1 heterocycles. The van der Waals surface area contributed by atoms with Crippen LogP contribution in [0.15, 0.2) is 24.3 Å². The largest absolute Gasteiger partial charge is 0.343 e. The summed E-state index contributed by atoms with van der Waals surface area (Å²) in [5.41, 5.74) is 1.05. The van der Waals surface area contributed by atoms with E-state index in [1.165, 1.54) is 12.1 Å². The van der Waals surface area contributed by atoms with E-state index in [-0.39, 0.29) is 5.41 Å². The van der Waals surface area contributed by atoms with Crippen LogP contribution in [0.4, 0.5) is 8.78 Å². The van der Waals surface area contributed by atoms with Gasteiger partial charge in [0.25, 0.3) is 0 Å². The van der Waals surface area contributed by atoms with Crippen molar-refractivity contribution in [1.82, 2.24) is 9.97 Å². The molecule has 1 aromatic heterocycles. The molecule has 0 fully saturated rings. The number of rotatable bonds is 1. The summed E-state index contributed by atoms with van der Waals surface area (Å²) in [4.78, 5) is 7.21. The maximum absolute atomic E-state index is 13.2. The Balaban J connectivity index is 2.63. The molecule has 0 aliphatic rings. The Morgan fingerprint density at radius 1 is 1.05 bits per heavy atom. The molecule has 0 bridgehead atoms. The van der Waals surface area contributed by atoms with E-state index in [4.69, 9.17) is 12.2 Å². The summed E-state index contributed by atoms with van der Waals surface area (Å²) in [6, 6.07) is 5.03. The van der Waals surface area contributed by atoms with Gasteiger partial charge < -0.3 is 4.98 Å². The summed E-state index contributed by atoms with van der Waals surface area (Å²) in [5, 5.41) is 0. The monoisotopic (exact) mass is 280 g/mol. The zero-order valence-corrected chi connectivity index (χ0v) is 11.7. The highest BCUT2D eigenvalue weighted by atomic mass is 32.1. The molecule has 0 aliphatic heterocycles. The van der Waals surface area contributed by atoms with Crippen molar-refractivity contribution in [3.05, 3.63) is 46.2 Å². The Hall–Kier alpha value is -1.62. The maximum Gasteiger partial charge on any atom is 0.139 e. The Labute approximate surface area is 115 Å². The molecule has 2 aromatic rings. The van der Waals surface area contributed by atoms with Crippen molar-refractivity contribution in [2.45, 2.75) is 26.2 Å². The van der Waals surface area contributed by atoms with E-state index in [1.54, 1.807) is 6.07 Å². The molecule has 0 unspecified atom stereocenters. The van der Waals surface area contributed by atoms with Crippen molar-refractivity contribution in [3.63, 3.8) is 0 Å². The van der Waals surface area contributed by atoms with Gasteiger partial charge in [-0.3, -0.25) is 0 Å². The second kappa shape index (κ2) is 4.81. The van der Waals surface area contributed by atoms with Crippen LogP contribution in [0.2, 0.25) is 0 Å². The molecule has 1 N–H and O–H groups in total. The lowest BCUT2D eigenvalue weighted by Crippen LogP contribution is -2.14. The fourth-order valence-corrected chi connectivity index (χ4v) is 1.90. The number of H-pyrrole nitrogens is 1. The van der Waals surface area contributed by atoms with Gasteiger partial charge in [0.05, 0.1) is 0 Å². The van der Waals surface area contributed by atoms with Crippen LogP contribution in [0.1, 0.15) is 26.5 Å². The van der Waals surface area contributed by atoms with Crippen molar-refractivity contribution in [2.24, 2.45) is 0 Å². The summed E-state index contributed by atoms with van der Waals surface area (Å²) in [5.74, 6) is -0.912. The zero-order chi connectivity index (χ0) is 14.2. The molecule has 0 saturated carbocycles. The summed E-state index contributed by atoms with van der Waals surface area (Å²) in [6.07, 6.45) is 0. The average molecular weight is 280 g/mol. The van der Waals surface area contributed by atoms with Crippen molar-refractivity contribution >= 4 is 12.2 Å². The fraction of sp³-hybridized carbons (Fsp3) is 0.286. The standard InChI is InChI=1S/C14H14F2N2S/c1-14(2,3)11-7-12(19)18-13(17-11)8-4-9(15)6-10(16)5-8/h4-7H,1-3H3,(H,17,18,19).